The first-order valence-electron chi connectivity index (χ1n) is 7.69. The van der Waals surface area contributed by atoms with Gasteiger partial charge in [0.25, 0.3) is 0 Å². The van der Waals surface area contributed by atoms with E-state index in [2.05, 4.69) is 28.8 Å². The first-order valence-corrected chi connectivity index (χ1v) is 7.69. The molecule has 5 nitrogen and oxygen atoms in total. The lowest BCUT2D eigenvalue weighted by Gasteiger charge is -2.24. The average Bonchev–Trinajstić information content (AvgIpc) is 2.95. The van der Waals surface area contributed by atoms with Crippen LogP contribution in [-0.2, 0) is 13.0 Å². The van der Waals surface area contributed by atoms with Crippen LogP contribution in [0, 0.1) is 0 Å². The number of hydrogen-bond acceptors (Lipinski definition) is 3. The maximum Gasteiger partial charge on any atom is 0.319 e. The fraction of sp³-hybridized carbons (Fsp3) is 0.562. The van der Waals surface area contributed by atoms with E-state index in [1.54, 1.807) is 4.90 Å². The highest BCUT2D eigenvalue weighted by Crippen LogP contribution is 2.25. The summed E-state index contributed by atoms with van der Waals surface area (Å²) in [4.78, 5) is 15.6. The van der Waals surface area contributed by atoms with Crippen LogP contribution in [0.4, 0.5) is 10.5 Å². The summed E-state index contributed by atoms with van der Waals surface area (Å²) in [5, 5.41) is 7.08. The van der Waals surface area contributed by atoms with Crippen molar-refractivity contribution in [3.63, 3.8) is 0 Å². The fourth-order valence-electron chi connectivity index (χ4n) is 3.20. The van der Waals surface area contributed by atoms with Crippen molar-refractivity contribution in [2.45, 2.75) is 25.4 Å². The Bertz CT molecular complexity index is 529. The van der Waals surface area contributed by atoms with Gasteiger partial charge in [-0.3, -0.25) is 0 Å². The zero-order valence-corrected chi connectivity index (χ0v) is 12.9. The Morgan fingerprint density at radius 2 is 2.29 bits per heavy atom. The number of amides is 2. The second-order valence-electron chi connectivity index (χ2n) is 6.12. The van der Waals surface area contributed by atoms with E-state index in [9.17, 15) is 4.79 Å². The zero-order chi connectivity index (χ0) is 14.8. The quantitative estimate of drug-likeness (QED) is 0.867. The smallest absolute Gasteiger partial charge is 0.319 e. The zero-order valence-electron chi connectivity index (χ0n) is 12.9. The normalized spacial score (nSPS) is 21.0. The number of benzene rings is 1. The predicted molar refractivity (Wildman–Crippen MR) is 84.5 cm³/mol. The summed E-state index contributed by atoms with van der Waals surface area (Å²) in [6.45, 7) is 3.62. The molecule has 1 saturated heterocycles. The van der Waals surface area contributed by atoms with Gasteiger partial charge >= 0.3 is 6.03 Å². The number of nitrogens with one attached hydrogen (secondary N) is 2. The molecule has 1 aromatic carbocycles. The summed E-state index contributed by atoms with van der Waals surface area (Å²) in [6, 6.07) is 6.96. The lowest BCUT2D eigenvalue weighted by Crippen LogP contribution is -2.38. The van der Waals surface area contributed by atoms with Crippen LogP contribution in [0.5, 0.6) is 0 Å². The number of hydrogen-bond donors (Lipinski definition) is 2. The van der Waals surface area contributed by atoms with Gasteiger partial charge in [-0.05, 0) is 36.6 Å². The van der Waals surface area contributed by atoms with Gasteiger partial charge in [0.15, 0.2) is 0 Å². The number of likely N-dealkylation sites (tertiary alicyclic amines) is 1. The lowest BCUT2D eigenvalue weighted by molar-refractivity contribution is 0.181. The summed E-state index contributed by atoms with van der Waals surface area (Å²) in [6.07, 6.45) is 2.11. The Hall–Kier alpha value is -1.75. The molecule has 0 radical (unpaired) electrons. The number of anilines is 1. The van der Waals surface area contributed by atoms with E-state index in [0.717, 1.165) is 39.0 Å². The second-order valence-corrected chi connectivity index (χ2v) is 6.12. The number of nitrogens with zero attached hydrogens (tertiary/aromatic N) is 2. The van der Waals surface area contributed by atoms with E-state index in [0.29, 0.717) is 6.04 Å². The van der Waals surface area contributed by atoms with Crippen molar-refractivity contribution < 1.29 is 4.79 Å². The molecule has 2 aliphatic rings. The molecule has 1 atom stereocenters. The van der Waals surface area contributed by atoms with Crippen molar-refractivity contribution in [1.82, 2.24) is 15.1 Å². The molecule has 1 unspecified atom stereocenters. The molecule has 0 bridgehead atoms. The molecule has 1 fully saturated rings. The number of fused-ring (bicyclic) bond motifs is 1. The van der Waals surface area contributed by atoms with Crippen molar-refractivity contribution in [2.75, 3.05) is 39.0 Å². The predicted octanol–water partition coefficient (Wildman–Crippen LogP) is 1.50. The van der Waals surface area contributed by atoms with Gasteiger partial charge in [-0.15, -0.1) is 0 Å². The van der Waals surface area contributed by atoms with Gasteiger partial charge in [0.2, 0.25) is 0 Å². The molecule has 3 rings (SSSR count). The summed E-state index contributed by atoms with van der Waals surface area (Å²) in [5.41, 5.74) is 4.06. The molecule has 0 aromatic heterocycles. The van der Waals surface area contributed by atoms with E-state index >= 15 is 0 Å². The topological polar surface area (TPSA) is 47.6 Å². The minimum Gasteiger partial charge on any atom is -0.380 e. The lowest BCUT2D eigenvalue weighted by atomic mass is 9.99. The minimum atomic E-state index is 0.107. The summed E-state index contributed by atoms with van der Waals surface area (Å²) in [7, 11) is 3.62. The highest BCUT2D eigenvalue weighted by atomic mass is 16.2. The van der Waals surface area contributed by atoms with Crippen LogP contribution in [0.2, 0.25) is 0 Å². The molecule has 1 aromatic rings. The Morgan fingerprint density at radius 1 is 1.43 bits per heavy atom. The molecule has 21 heavy (non-hydrogen) atoms. The molecule has 114 valence electrons. The maximum absolute atomic E-state index is 12.0. The van der Waals surface area contributed by atoms with Crippen LogP contribution >= 0.6 is 0 Å². The third-order valence-corrected chi connectivity index (χ3v) is 4.35. The van der Waals surface area contributed by atoms with E-state index in [1.807, 2.05) is 19.0 Å². The Balaban J connectivity index is 1.67. The van der Waals surface area contributed by atoms with Gasteiger partial charge in [-0.1, -0.05) is 12.1 Å². The molecule has 2 heterocycles. The third-order valence-electron chi connectivity index (χ3n) is 4.35. The van der Waals surface area contributed by atoms with Crippen molar-refractivity contribution in [2.24, 2.45) is 0 Å². The van der Waals surface area contributed by atoms with Gasteiger partial charge in [0.05, 0.1) is 0 Å². The molecule has 5 heteroatoms. The molecule has 2 N–H and O–H groups in total. The molecule has 2 amide bonds. The standard InChI is InChI=1S/C16H24N4O/c1-19(2)16(21)20-9-7-13(11-20)18-15-5-3-4-12-6-8-17-10-14(12)15/h3-5,13,17-18H,6-11H2,1-2H3. The van der Waals surface area contributed by atoms with Crippen LogP contribution in [0.1, 0.15) is 17.5 Å². The molecule has 0 spiro atoms. The highest BCUT2D eigenvalue weighted by molar-refractivity contribution is 5.74. The number of carbonyl (C=O) groups excluding carboxylic acids is 1. The highest BCUT2D eigenvalue weighted by Gasteiger charge is 2.27. The van der Waals surface area contributed by atoms with Crippen molar-refractivity contribution >= 4 is 11.7 Å². The number of rotatable bonds is 2. The molecular weight excluding hydrogens is 264 g/mol. The van der Waals surface area contributed by atoms with Crippen LogP contribution in [0.3, 0.4) is 0 Å². The largest absolute Gasteiger partial charge is 0.380 e. The third kappa shape index (κ3) is 2.97. The monoisotopic (exact) mass is 288 g/mol. The summed E-state index contributed by atoms with van der Waals surface area (Å²) >= 11 is 0. The van der Waals surface area contributed by atoms with E-state index in [1.165, 1.54) is 16.8 Å². The van der Waals surface area contributed by atoms with Gasteiger partial charge in [0, 0.05) is 45.5 Å². The first-order chi connectivity index (χ1) is 10.1. The first kappa shape index (κ1) is 14.2. The van der Waals surface area contributed by atoms with E-state index in [4.69, 9.17) is 0 Å². The van der Waals surface area contributed by atoms with Crippen LogP contribution in [-0.4, -0.2) is 55.6 Å². The summed E-state index contributed by atoms with van der Waals surface area (Å²) < 4.78 is 0. The molecule has 0 saturated carbocycles. The van der Waals surface area contributed by atoms with Crippen LogP contribution in [0.15, 0.2) is 18.2 Å². The van der Waals surface area contributed by atoms with Crippen molar-refractivity contribution in [3.05, 3.63) is 29.3 Å². The van der Waals surface area contributed by atoms with Crippen LogP contribution < -0.4 is 10.6 Å². The minimum absolute atomic E-state index is 0.107. The van der Waals surface area contributed by atoms with Gasteiger partial charge < -0.3 is 20.4 Å². The molecular formula is C16H24N4O. The van der Waals surface area contributed by atoms with E-state index < -0.39 is 0 Å². The molecule has 0 aliphatic carbocycles. The SMILES string of the molecule is CN(C)C(=O)N1CCC(Nc2cccc3c2CNCC3)C1. The van der Waals surface area contributed by atoms with Gasteiger partial charge in [-0.2, -0.15) is 0 Å². The number of carbonyl (C=O) groups is 1. The second kappa shape index (κ2) is 5.93. The van der Waals surface area contributed by atoms with Crippen molar-refractivity contribution in [3.8, 4) is 0 Å². The Labute approximate surface area is 126 Å². The van der Waals surface area contributed by atoms with Gasteiger partial charge in [-0.25, -0.2) is 4.79 Å². The number of urea groups is 1. The fourth-order valence-corrected chi connectivity index (χ4v) is 3.20. The van der Waals surface area contributed by atoms with Gasteiger partial charge in [0.1, 0.15) is 0 Å². The van der Waals surface area contributed by atoms with E-state index in [-0.39, 0.29) is 6.03 Å². The molecule has 2 aliphatic heterocycles. The maximum atomic E-state index is 12.0. The average molecular weight is 288 g/mol. The Morgan fingerprint density at radius 3 is 3.10 bits per heavy atom. The van der Waals surface area contributed by atoms with Crippen molar-refractivity contribution in [1.29, 1.82) is 0 Å². The van der Waals surface area contributed by atoms with Crippen LogP contribution in [0.25, 0.3) is 0 Å². The Kier molecular flexibility index (Phi) is 4.01. The summed E-state index contributed by atoms with van der Waals surface area (Å²) in [5.74, 6) is 0.